The Morgan fingerprint density at radius 2 is 1.45 bits per heavy atom. The average Bonchev–Trinajstić information content (AvgIpc) is 3.48. The molecule has 0 bridgehead atoms. The molecule has 42 heavy (non-hydrogen) atoms. The zero-order valence-electron chi connectivity index (χ0n) is 27.6. The Balaban J connectivity index is 1.30. The molecule has 2 spiro atoms. The highest BCUT2D eigenvalue weighted by atomic mass is 16.6. The summed E-state index contributed by atoms with van der Waals surface area (Å²) < 4.78 is 16.7. The first-order chi connectivity index (χ1) is 19.5. The molecule has 10 atom stereocenters. The summed E-state index contributed by atoms with van der Waals surface area (Å²) in [6.07, 6.45) is 12.7. The Morgan fingerprint density at radius 1 is 0.786 bits per heavy atom. The minimum absolute atomic E-state index is 0.0325. The molecule has 5 saturated carbocycles. The first kappa shape index (κ1) is 31.6. The minimum atomic E-state index is -0.424. The highest BCUT2D eigenvalue weighted by Crippen LogP contribution is 2.89. The Morgan fingerprint density at radius 3 is 2.10 bits per heavy atom. The minimum Gasteiger partial charge on any atom is -0.462 e. The van der Waals surface area contributed by atoms with Gasteiger partial charge in [0.1, 0.15) is 18.8 Å². The van der Waals surface area contributed by atoms with E-state index in [0.29, 0.717) is 51.4 Å². The van der Waals surface area contributed by atoms with Gasteiger partial charge in [-0.15, -0.1) is 0 Å². The van der Waals surface area contributed by atoms with Crippen molar-refractivity contribution in [3.8, 4) is 0 Å². The maximum Gasteiger partial charge on any atom is 0.303 e. The van der Waals surface area contributed by atoms with Crippen molar-refractivity contribution >= 4 is 17.9 Å². The molecule has 0 aromatic carbocycles. The smallest absolute Gasteiger partial charge is 0.303 e. The highest BCUT2D eigenvalue weighted by Gasteiger charge is 2.82. The van der Waals surface area contributed by atoms with Gasteiger partial charge in [0.2, 0.25) is 0 Å². The molecule has 0 amide bonds. The van der Waals surface area contributed by atoms with Crippen LogP contribution in [-0.4, -0.2) is 36.7 Å². The fourth-order valence-electron chi connectivity index (χ4n) is 12.1. The van der Waals surface area contributed by atoms with Gasteiger partial charge < -0.3 is 14.2 Å². The number of hydrogen-bond donors (Lipinski definition) is 0. The van der Waals surface area contributed by atoms with Crippen molar-refractivity contribution in [1.29, 1.82) is 0 Å². The fourth-order valence-corrected chi connectivity index (χ4v) is 12.1. The van der Waals surface area contributed by atoms with Gasteiger partial charge in [-0.2, -0.15) is 0 Å². The first-order valence-electron chi connectivity index (χ1n) is 16.7. The van der Waals surface area contributed by atoms with Crippen molar-refractivity contribution in [1.82, 2.24) is 0 Å². The van der Waals surface area contributed by atoms with Crippen LogP contribution in [0.3, 0.4) is 0 Å². The van der Waals surface area contributed by atoms with E-state index in [4.69, 9.17) is 14.2 Å². The van der Waals surface area contributed by atoms with Crippen LogP contribution in [0.1, 0.15) is 126 Å². The van der Waals surface area contributed by atoms with Crippen molar-refractivity contribution < 1.29 is 28.6 Å². The van der Waals surface area contributed by atoms with E-state index >= 15 is 0 Å². The molecular formula is C36H56O6. The van der Waals surface area contributed by atoms with Gasteiger partial charge in [0.05, 0.1) is 0 Å². The Bertz CT molecular complexity index is 1130. The van der Waals surface area contributed by atoms with Crippen LogP contribution in [-0.2, 0) is 28.6 Å². The number of carbonyl (C=O) groups is 3. The van der Waals surface area contributed by atoms with Crippen molar-refractivity contribution in [2.75, 3.05) is 6.61 Å². The zero-order valence-corrected chi connectivity index (χ0v) is 27.6. The molecule has 0 heterocycles. The molecule has 5 rings (SSSR count). The highest BCUT2D eigenvalue weighted by molar-refractivity contribution is 5.67. The first-order valence-corrected chi connectivity index (χ1v) is 16.7. The number of fused-ring (bicyclic) bond motifs is 2. The number of carbonyl (C=O) groups excluding carboxylic acids is 3. The van der Waals surface area contributed by atoms with E-state index in [9.17, 15) is 14.4 Å². The van der Waals surface area contributed by atoms with E-state index in [1.54, 1.807) is 6.92 Å². The maximum atomic E-state index is 11.9. The summed E-state index contributed by atoms with van der Waals surface area (Å²) in [5, 5.41) is 0. The molecule has 0 N–H and O–H groups in total. The predicted octanol–water partition coefficient (Wildman–Crippen LogP) is 7.82. The molecule has 5 aliphatic carbocycles. The summed E-state index contributed by atoms with van der Waals surface area (Å²) in [5.41, 5.74) is 2.22. The molecule has 0 aliphatic heterocycles. The normalized spacial score (nSPS) is 42.5. The van der Waals surface area contributed by atoms with Crippen LogP contribution in [0, 0.1) is 50.7 Å². The molecular weight excluding hydrogens is 528 g/mol. The van der Waals surface area contributed by atoms with Gasteiger partial charge in [-0.1, -0.05) is 41.2 Å². The largest absolute Gasteiger partial charge is 0.462 e. The maximum absolute atomic E-state index is 11.9. The molecule has 6 nitrogen and oxygen atoms in total. The Hall–Kier alpha value is -1.85. The van der Waals surface area contributed by atoms with Gasteiger partial charge in [-0.25, -0.2) is 0 Å². The fraction of sp³-hybridized carbons (Fsp3) is 0.861. The molecule has 236 valence electrons. The SMILES string of the molecule is C=C(COC(C)=O)[C@@H](CC[C@H](C)[C@H]1CC[C@@]2(C)[C@@H]3CC[C@H]4C(C)(C)[C@@H](OC(C)=O)CC[C@@]45C[C@@]35CC[C@]12C)OC(C)=O. The van der Waals surface area contributed by atoms with Crippen LogP contribution >= 0.6 is 0 Å². The van der Waals surface area contributed by atoms with E-state index in [1.165, 1.54) is 65.2 Å². The average molecular weight is 585 g/mol. The van der Waals surface area contributed by atoms with E-state index < -0.39 is 6.10 Å². The van der Waals surface area contributed by atoms with Crippen LogP contribution in [0.4, 0.5) is 0 Å². The summed E-state index contributed by atoms with van der Waals surface area (Å²) in [5.74, 6) is 1.75. The number of esters is 3. The molecule has 0 aromatic rings. The van der Waals surface area contributed by atoms with Gasteiger partial charge >= 0.3 is 17.9 Å². The monoisotopic (exact) mass is 584 g/mol. The van der Waals surface area contributed by atoms with Crippen LogP contribution in [0.2, 0.25) is 0 Å². The van der Waals surface area contributed by atoms with Gasteiger partial charge in [0, 0.05) is 31.8 Å². The van der Waals surface area contributed by atoms with E-state index in [-0.39, 0.29) is 36.0 Å². The third-order valence-corrected chi connectivity index (χ3v) is 14.2. The molecule has 0 aromatic heterocycles. The van der Waals surface area contributed by atoms with Crippen molar-refractivity contribution in [3.05, 3.63) is 12.2 Å². The summed E-state index contributed by atoms with van der Waals surface area (Å²) in [6, 6.07) is 0. The molecule has 0 unspecified atom stereocenters. The second-order valence-corrected chi connectivity index (χ2v) is 16.2. The number of hydrogen-bond acceptors (Lipinski definition) is 6. The second kappa shape index (κ2) is 10.6. The number of rotatable bonds is 9. The second-order valence-electron chi connectivity index (χ2n) is 16.2. The standard InChI is InChI=1S/C36H56O6/c1-22(10-11-28(41-25(4)38)23(2)20-40-24(3)37)27-14-16-34(9)30-13-12-29-32(6,7)31(42-26(5)39)15-17-35(29)21-36(30,35)19-18-33(27,34)8/h22,27-31H,2,10-21H2,1,3-9H3/t22-,27+,28+,29-,30-,31-,33+,34-,35+,36-/m0/s1. The summed E-state index contributed by atoms with van der Waals surface area (Å²) >= 11 is 0. The van der Waals surface area contributed by atoms with Crippen LogP contribution in [0.15, 0.2) is 12.2 Å². The molecule has 0 saturated heterocycles. The molecule has 5 aliphatic rings. The van der Waals surface area contributed by atoms with Crippen LogP contribution < -0.4 is 0 Å². The van der Waals surface area contributed by atoms with E-state index in [0.717, 1.165) is 18.8 Å². The molecule has 0 radical (unpaired) electrons. The lowest BCUT2D eigenvalue weighted by Gasteiger charge is -2.63. The van der Waals surface area contributed by atoms with Gasteiger partial charge in [-0.3, -0.25) is 14.4 Å². The summed E-state index contributed by atoms with van der Waals surface area (Å²) in [4.78, 5) is 35.1. The Kier molecular flexibility index (Phi) is 8.00. The summed E-state index contributed by atoms with van der Waals surface area (Å²) in [6.45, 7) is 21.0. The van der Waals surface area contributed by atoms with Gasteiger partial charge in [0.25, 0.3) is 0 Å². The van der Waals surface area contributed by atoms with Crippen molar-refractivity contribution in [2.45, 2.75) is 138 Å². The summed E-state index contributed by atoms with van der Waals surface area (Å²) in [7, 11) is 0. The van der Waals surface area contributed by atoms with Crippen LogP contribution in [0.5, 0.6) is 0 Å². The molecule has 5 fully saturated rings. The lowest BCUT2D eigenvalue weighted by atomic mass is 9.41. The van der Waals surface area contributed by atoms with E-state index in [1.807, 2.05) is 0 Å². The molecule has 6 heteroatoms. The predicted molar refractivity (Wildman–Crippen MR) is 162 cm³/mol. The topological polar surface area (TPSA) is 78.9 Å². The third-order valence-electron chi connectivity index (χ3n) is 14.2. The Labute approximate surface area is 254 Å². The zero-order chi connectivity index (χ0) is 30.9. The number of ether oxygens (including phenoxy) is 3. The van der Waals surface area contributed by atoms with E-state index in [2.05, 4.69) is 41.2 Å². The van der Waals surface area contributed by atoms with Crippen molar-refractivity contribution in [3.63, 3.8) is 0 Å². The van der Waals surface area contributed by atoms with Gasteiger partial charge in [-0.05, 0) is 116 Å². The van der Waals surface area contributed by atoms with Crippen LogP contribution in [0.25, 0.3) is 0 Å². The lowest BCUT2D eigenvalue weighted by Crippen LogP contribution is -2.58. The lowest BCUT2D eigenvalue weighted by molar-refractivity contribution is -0.181. The van der Waals surface area contributed by atoms with Crippen molar-refractivity contribution in [2.24, 2.45) is 50.7 Å². The quantitative estimate of drug-likeness (QED) is 0.156. The van der Waals surface area contributed by atoms with Gasteiger partial charge in [0.15, 0.2) is 0 Å². The third kappa shape index (κ3) is 4.67.